The van der Waals surface area contributed by atoms with Gasteiger partial charge in [0.2, 0.25) is 0 Å². The first-order chi connectivity index (χ1) is 8.49. The minimum Gasteiger partial charge on any atom is -0.377 e. The molecule has 0 spiro atoms. The molecule has 2 rings (SSSR count). The lowest BCUT2D eigenvalue weighted by Crippen LogP contribution is -2.07. The minimum atomic E-state index is -0.606. The van der Waals surface area contributed by atoms with Crippen molar-refractivity contribution < 1.29 is 8.78 Å². The van der Waals surface area contributed by atoms with Gasteiger partial charge in [-0.2, -0.15) is 5.10 Å². The number of halogens is 3. The highest BCUT2D eigenvalue weighted by Gasteiger charge is 2.11. The standard InChI is InChI=1S/C12H12BrF2N3/c1-7-12(13)11(18(2)17-7)6-16-10-4-3-8(14)5-9(10)15/h3-5,16H,6H2,1-2H3. The van der Waals surface area contributed by atoms with E-state index in [-0.39, 0.29) is 5.69 Å². The van der Waals surface area contributed by atoms with E-state index in [1.807, 2.05) is 14.0 Å². The molecule has 0 aliphatic rings. The van der Waals surface area contributed by atoms with Crippen molar-refractivity contribution >= 4 is 21.6 Å². The number of benzene rings is 1. The predicted octanol–water partition coefficient (Wildman–Crippen LogP) is 3.38. The van der Waals surface area contributed by atoms with Crippen molar-refractivity contribution in [2.24, 2.45) is 7.05 Å². The first-order valence-corrected chi connectivity index (χ1v) is 6.15. The third-order valence-electron chi connectivity index (χ3n) is 2.64. The Labute approximate surface area is 112 Å². The van der Waals surface area contributed by atoms with Gasteiger partial charge in [-0.25, -0.2) is 8.78 Å². The van der Waals surface area contributed by atoms with E-state index < -0.39 is 11.6 Å². The summed E-state index contributed by atoms with van der Waals surface area (Å²) in [5, 5.41) is 7.15. The quantitative estimate of drug-likeness (QED) is 0.941. The number of hydrogen-bond donors (Lipinski definition) is 1. The van der Waals surface area contributed by atoms with E-state index in [0.717, 1.165) is 21.9 Å². The van der Waals surface area contributed by atoms with Crippen LogP contribution in [-0.2, 0) is 13.6 Å². The number of nitrogens with zero attached hydrogens (tertiary/aromatic N) is 2. The Balaban J connectivity index is 2.16. The number of anilines is 1. The maximum atomic E-state index is 13.4. The molecule has 0 unspecified atom stereocenters. The number of aromatic nitrogens is 2. The van der Waals surface area contributed by atoms with Crippen LogP contribution in [0.25, 0.3) is 0 Å². The molecule has 1 N–H and O–H groups in total. The average molecular weight is 316 g/mol. The van der Waals surface area contributed by atoms with Crippen molar-refractivity contribution in [3.63, 3.8) is 0 Å². The molecule has 0 bridgehead atoms. The van der Waals surface area contributed by atoms with Gasteiger partial charge in [0.25, 0.3) is 0 Å². The fourth-order valence-electron chi connectivity index (χ4n) is 1.68. The molecule has 3 nitrogen and oxygen atoms in total. The van der Waals surface area contributed by atoms with Gasteiger partial charge in [-0.3, -0.25) is 4.68 Å². The Hall–Kier alpha value is -1.43. The van der Waals surface area contributed by atoms with Crippen LogP contribution in [0.2, 0.25) is 0 Å². The topological polar surface area (TPSA) is 29.9 Å². The SMILES string of the molecule is Cc1nn(C)c(CNc2ccc(F)cc2F)c1Br. The highest BCUT2D eigenvalue weighted by molar-refractivity contribution is 9.10. The molecule has 0 aliphatic carbocycles. The molecule has 6 heteroatoms. The fourth-order valence-corrected chi connectivity index (χ4v) is 2.16. The van der Waals surface area contributed by atoms with Crippen LogP contribution in [0.5, 0.6) is 0 Å². The molecule has 0 saturated heterocycles. The van der Waals surface area contributed by atoms with Crippen LogP contribution in [0.3, 0.4) is 0 Å². The summed E-state index contributed by atoms with van der Waals surface area (Å²) in [6, 6.07) is 3.45. The lowest BCUT2D eigenvalue weighted by molar-refractivity contribution is 0.584. The molecule has 18 heavy (non-hydrogen) atoms. The Morgan fingerprint density at radius 2 is 2.11 bits per heavy atom. The zero-order valence-corrected chi connectivity index (χ0v) is 11.6. The molecule has 1 heterocycles. The van der Waals surface area contributed by atoms with Crippen LogP contribution in [0.1, 0.15) is 11.4 Å². The van der Waals surface area contributed by atoms with E-state index in [1.165, 1.54) is 12.1 Å². The summed E-state index contributed by atoms with van der Waals surface area (Å²) in [5.41, 5.74) is 2.03. The van der Waals surface area contributed by atoms with Gasteiger partial charge in [0.05, 0.1) is 28.1 Å². The Bertz CT molecular complexity index is 581. The van der Waals surface area contributed by atoms with E-state index in [9.17, 15) is 8.78 Å². The molecule has 1 aromatic carbocycles. The maximum absolute atomic E-state index is 13.4. The molecule has 0 radical (unpaired) electrons. The number of hydrogen-bond acceptors (Lipinski definition) is 2. The highest BCUT2D eigenvalue weighted by atomic mass is 79.9. The normalized spacial score (nSPS) is 10.7. The van der Waals surface area contributed by atoms with Crippen molar-refractivity contribution in [3.8, 4) is 0 Å². The Morgan fingerprint density at radius 1 is 1.39 bits per heavy atom. The monoisotopic (exact) mass is 315 g/mol. The summed E-state index contributed by atoms with van der Waals surface area (Å²) < 4.78 is 28.8. The van der Waals surface area contributed by atoms with Crippen LogP contribution >= 0.6 is 15.9 Å². The summed E-state index contributed by atoms with van der Waals surface area (Å²) in [6.07, 6.45) is 0. The van der Waals surface area contributed by atoms with Gasteiger partial charge >= 0.3 is 0 Å². The zero-order valence-electron chi connectivity index (χ0n) is 9.97. The first kappa shape index (κ1) is 13.0. The second-order valence-electron chi connectivity index (χ2n) is 3.95. The summed E-state index contributed by atoms with van der Waals surface area (Å²) in [6.45, 7) is 2.28. The largest absolute Gasteiger partial charge is 0.377 e. The zero-order chi connectivity index (χ0) is 13.3. The Kier molecular flexibility index (Phi) is 3.65. The highest BCUT2D eigenvalue weighted by Crippen LogP contribution is 2.22. The lowest BCUT2D eigenvalue weighted by Gasteiger charge is -2.08. The van der Waals surface area contributed by atoms with Gasteiger partial charge in [-0.15, -0.1) is 0 Å². The van der Waals surface area contributed by atoms with Gasteiger partial charge in [0.15, 0.2) is 0 Å². The average Bonchev–Trinajstić information content (AvgIpc) is 2.53. The molecular formula is C12H12BrF2N3. The van der Waals surface area contributed by atoms with Crippen molar-refractivity contribution in [1.29, 1.82) is 0 Å². The van der Waals surface area contributed by atoms with E-state index in [0.29, 0.717) is 6.54 Å². The van der Waals surface area contributed by atoms with E-state index in [2.05, 4.69) is 26.3 Å². The van der Waals surface area contributed by atoms with E-state index >= 15 is 0 Å². The second kappa shape index (κ2) is 5.06. The van der Waals surface area contributed by atoms with Crippen molar-refractivity contribution in [2.45, 2.75) is 13.5 Å². The summed E-state index contributed by atoms with van der Waals surface area (Å²) in [5.74, 6) is -1.19. The first-order valence-electron chi connectivity index (χ1n) is 5.36. The summed E-state index contributed by atoms with van der Waals surface area (Å²) in [7, 11) is 1.82. The third-order valence-corrected chi connectivity index (χ3v) is 3.67. The molecule has 0 amide bonds. The molecular weight excluding hydrogens is 304 g/mol. The number of nitrogens with one attached hydrogen (secondary N) is 1. The van der Waals surface area contributed by atoms with Crippen LogP contribution < -0.4 is 5.32 Å². The van der Waals surface area contributed by atoms with Gasteiger partial charge in [0, 0.05) is 13.1 Å². The minimum absolute atomic E-state index is 0.266. The fraction of sp³-hybridized carbons (Fsp3) is 0.250. The molecule has 0 saturated carbocycles. The van der Waals surface area contributed by atoms with Gasteiger partial charge in [-0.1, -0.05) is 0 Å². The molecule has 0 fully saturated rings. The van der Waals surface area contributed by atoms with Gasteiger partial charge < -0.3 is 5.32 Å². The molecule has 0 atom stereocenters. The van der Waals surface area contributed by atoms with Crippen molar-refractivity contribution in [3.05, 3.63) is 45.7 Å². The van der Waals surface area contributed by atoms with Crippen LogP contribution in [0, 0.1) is 18.6 Å². The lowest BCUT2D eigenvalue weighted by atomic mass is 10.3. The predicted molar refractivity (Wildman–Crippen MR) is 69.3 cm³/mol. The molecule has 1 aromatic heterocycles. The van der Waals surface area contributed by atoms with E-state index in [1.54, 1.807) is 4.68 Å². The number of aryl methyl sites for hydroxylation is 2. The molecule has 0 aliphatic heterocycles. The molecule has 96 valence electrons. The number of rotatable bonds is 3. The smallest absolute Gasteiger partial charge is 0.149 e. The van der Waals surface area contributed by atoms with Crippen LogP contribution in [0.15, 0.2) is 22.7 Å². The van der Waals surface area contributed by atoms with E-state index in [4.69, 9.17) is 0 Å². The third kappa shape index (κ3) is 2.53. The maximum Gasteiger partial charge on any atom is 0.149 e. The van der Waals surface area contributed by atoms with Crippen LogP contribution in [0.4, 0.5) is 14.5 Å². The second-order valence-corrected chi connectivity index (χ2v) is 4.74. The van der Waals surface area contributed by atoms with Gasteiger partial charge in [0.1, 0.15) is 11.6 Å². The summed E-state index contributed by atoms with van der Waals surface area (Å²) >= 11 is 3.43. The van der Waals surface area contributed by atoms with Crippen molar-refractivity contribution in [2.75, 3.05) is 5.32 Å². The Morgan fingerprint density at radius 3 is 2.67 bits per heavy atom. The van der Waals surface area contributed by atoms with Crippen LogP contribution in [-0.4, -0.2) is 9.78 Å². The van der Waals surface area contributed by atoms with Gasteiger partial charge in [-0.05, 0) is 35.0 Å². The molecule has 2 aromatic rings. The van der Waals surface area contributed by atoms with Crippen molar-refractivity contribution in [1.82, 2.24) is 9.78 Å². The summed E-state index contributed by atoms with van der Waals surface area (Å²) in [4.78, 5) is 0.